The SMILES string of the molecule is CCCCc1ccc2c(c1)CCC(C1CCC3C[C@H](OCC)CC[C@@H]3C1)C2. The number of ether oxygens (including phenoxy) is 1. The third kappa shape index (κ3) is 4.61. The normalized spacial score (nSPS) is 33.3. The van der Waals surface area contributed by atoms with E-state index < -0.39 is 0 Å². The zero-order chi connectivity index (χ0) is 18.6. The van der Waals surface area contributed by atoms with E-state index in [1.165, 1.54) is 77.0 Å². The Morgan fingerprint density at radius 2 is 1.63 bits per heavy atom. The molecule has 150 valence electrons. The lowest BCUT2D eigenvalue weighted by Gasteiger charge is -2.44. The van der Waals surface area contributed by atoms with E-state index in [-0.39, 0.29) is 0 Å². The predicted molar refractivity (Wildman–Crippen MR) is 114 cm³/mol. The standard InChI is InChI=1S/C26H40O/c1-3-5-6-19-7-8-21-16-22(10-9-20(21)15-19)23-11-12-25-18-26(27-4-2)14-13-24(25)17-23/h7-8,15,22-26H,3-6,9-14,16-18H2,1-2H3/t22?,23?,24-,25?,26-/m1/s1. The second-order valence-electron chi connectivity index (χ2n) is 9.69. The Morgan fingerprint density at radius 1 is 0.852 bits per heavy atom. The Balaban J connectivity index is 1.33. The third-order valence-electron chi connectivity index (χ3n) is 8.03. The maximum Gasteiger partial charge on any atom is 0.0577 e. The van der Waals surface area contributed by atoms with Gasteiger partial charge in [-0.05, 0) is 118 Å². The second kappa shape index (κ2) is 9.12. The fourth-order valence-electron chi connectivity index (χ4n) is 6.47. The lowest BCUT2D eigenvalue weighted by molar-refractivity contribution is -0.0192. The van der Waals surface area contributed by atoms with Crippen molar-refractivity contribution < 1.29 is 4.74 Å². The molecular formula is C26H40O. The molecule has 0 amide bonds. The van der Waals surface area contributed by atoms with Crippen LogP contribution < -0.4 is 0 Å². The van der Waals surface area contributed by atoms with Gasteiger partial charge in [0, 0.05) is 6.61 Å². The minimum atomic E-state index is 0.566. The highest BCUT2D eigenvalue weighted by Crippen LogP contribution is 2.47. The van der Waals surface area contributed by atoms with E-state index in [1.54, 1.807) is 16.7 Å². The topological polar surface area (TPSA) is 9.23 Å². The van der Waals surface area contributed by atoms with E-state index in [9.17, 15) is 0 Å². The molecule has 0 aliphatic heterocycles. The van der Waals surface area contributed by atoms with E-state index in [0.29, 0.717) is 6.10 Å². The van der Waals surface area contributed by atoms with Gasteiger partial charge in [0.15, 0.2) is 0 Å². The van der Waals surface area contributed by atoms with Crippen LogP contribution in [0.5, 0.6) is 0 Å². The van der Waals surface area contributed by atoms with Crippen LogP contribution in [-0.2, 0) is 24.0 Å². The molecule has 0 N–H and O–H groups in total. The zero-order valence-corrected chi connectivity index (χ0v) is 17.7. The Hall–Kier alpha value is -0.820. The molecule has 0 spiro atoms. The van der Waals surface area contributed by atoms with Crippen LogP contribution in [0.2, 0.25) is 0 Å². The van der Waals surface area contributed by atoms with Gasteiger partial charge in [0.25, 0.3) is 0 Å². The summed E-state index contributed by atoms with van der Waals surface area (Å²) in [6.45, 7) is 5.34. The first-order valence-electron chi connectivity index (χ1n) is 12.0. The van der Waals surface area contributed by atoms with Gasteiger partial charge >= 0.3 is 0 Å². The Labute approximate surface area is 167 Å². The summed E-state index contributed by atoms with van der Waals surface area (Å²) in [7, 11) is 0. The lowest BCUT2D eigenvalue weighted by atomic mass is 9.62. The number of hydrogen-bond acceptors (Lipinski definition) is 1. The van der Waals surface area contributed by atoms with Crippen molar-refractivity contribution in [2.75, 3.05) is 6.61 Å². The number of aryl methyl sites for hydroxylation is 2. The molecule has 0 heterocycles. The largest absolute Gasteiger partial charge is 0.378 e. The maximum atomic E-state index is 5.95. The van der Waals surface area contributed by atoms with Crippen LogP contribution in [0, 0.1) is 23.7 Å². The summed E-state index contributed by atoms with van der Waals surface area (Å²) in [5.74, 6) is 3.90. The number of fused-ring (bicyclic) bond motifs is 2. The van der Waals surface area contributed by atoms with Crippen molar-refractivity contribution in [3.8, 4) is 0 Å². The van der Waals surface area contributed by atoms with Crippen molar-refractivity contribution in [3.05, 3.63) is 34.9 Å². The van der Waals surface area contributed by atoms with Gasteiger partial charge in [-0.2, -0.15) is 0 Å². The smallest absolute Gasteiger partial charge is 0.0577 e. The maximum absolute atomic E-state index is 5.95. The van der Waals surface area contributed by atoms with Gasteiger partial charge in [0.2, 0.25) is 0 Å². The first-order chi connectivity index (χ1) is 13.3. The molecule has 1 aromatic rings. The van der Waals surface area contributed by atoms with E-state index in [1.807, 2.05) is 0 Å². The minimum absolute atomic E-state index is 0.566. The summed E-state index contributed by atoms with van der Waals surface area (Å²) in [5.41, 5.74) is 4.92. The fraction of sp³-hybridized carbons (Fsp3) is 0.769. The van der Waals surface area contributed by atoms with Gasteiger partial charge in [0.1, 0.15) is 0 Å². The number of hydrogen-bond donors (Lipinski definition) is 0. The Morgan fingerprint density at radius 3 is 2.44 bits per heavy atom. The predicted octanol–water partition coefficient (Wildman–Crippen LogP) is 6.76. The highest BCUT2D eigenvalue weighted by molar-refractivity contribution is 5.34. The molecule has 3 aliphatic rings. The fourth-order valence-corrected chi connectivity index (χ4v) is 6.47. The van der Waals surface area contributed by atoms with Crippen molar-refractivity contribution in [1.29, 1.82) is 0 Å². The van der Waals surface area contributed by atoms with Crippen molar-refractivity contribution in [2.24, 2.45) is 23.7 Å². The van der Waals surface area contributed by atoms with Gasteiger partial charge < -0.3 is 4.74 Å². The van der Waals surface area contributed by atoms with Crippen LogP contribution in [0.1, 0.15) is 88.3 Å². The molecule has 4 rings (SSSR count). The molecule has 5 atom stereocenters. The van der Waals surface area contributed by atoms with Crippen LogP contribution >= 0.6 is 0 Å². The third-order valence-corrected chi connectivity index (χ3v) is 8.03. The van der Waals surface area contributed by atoms with Crippen molar-refractivity contribution in [1.82, 2.24) is 0 Å². The molecule has 0 aromatic heterocycles. The van der Waals surface area contributed by atoms with Crippen LogP contribution in [0.4, 0.5) is 0 Å². The molecule has 2 saturated carbocycles. The van der Waals surface area contributed by atoms with Crippen LogP contribution in [0.15, 0.2) is 18.2 Å². The molecule has 3 aliphatic carbocycles. The molecule has 1 aromatic carbocycles. The van der Waals surface area contributed by atoms with Crippen molar-refractivity contribution >= 4 is 0 Å². The molecule has 1 nitrogen and oxygen atoms in total. The zero-order valence-electron chi connectivity index (χ0n) is 17.7. The summed E-state index contributed by atoms with van der Waals surface area (Å²) < 4.78 is 5.95. The molecule has 0 bridgehead atoms. The lowest BCUT2D eigenvalue weighted by Crippen LogP contribution is -2.37. The second-order valence-corrected chi connectivity index (χ2v) is 9.69. The summed E-state index contributed by atoms with van der Waals surface area (Å²) in [6.07, 6.45) is 17.1. The summed E-state index contributed by atoms with van der Waals surface area (Å²) in [6, 6.07) is 7.43. The highest BCUT2D eigenvalue weighted by Gasteiger charge is 2.38. The highest BCUT2D eigenvalue weighted by atomic mass is 16.5. The van der Waals surface area contributed by atoms with E-state index in [2.05, 4.69) is 32.0 Å². The van der Waals surface area contributed by atoms with E-state index >= 15 is 0 Å². The minimum Gasteiger partial charge on any atom is -0.378 e. The number of rotatable bonds is 6. The average Bonchev–Trinajstić information content (AvgIpc) is 2.71. The number of benzene rings is 1. The van der Waals surface area contributed by atoms with Gasteiger partial charge in [-0.25, -0.2) is 0 Å². The van der Waals surface area contributed by atoms with Crippen molar-refractivity contribution in [2.45, 2.75) is 97.0 Å². The van der Waals surface area contributed by atoms with Crippen LogP contribution in [0.3, 0.4) is 0 Å². The van der Waals surface area contributed by atoms with Gasteiger partial charge in [-0.15, -0.1) is 0 Å². The molecule has 2 fully saturated rings. The van der Waals surface area contributed by atoms with Gasteiger partial charge in [-0.3, -0.25) is 0 Å². The van der Waals surface area contributed by atoms with Gasteiger partial charge in [0.05, 0.1) is 6.10 Å². The quantitative estimate of drug-likeness (QED) is 0.539. The molecular weight excluding hydrogens is 328 g/mol. The molecule has 3 unspecified atom stereocenters. The monoisotopic (exact) mass is 368 g/mol. The Kier molecular flexibility index (Phi) is 6.58. The Bertz CT molecular complexity index is 606. The number of unbranched alkanes of at least 4 members (excludes halogenated alkanes) is 1. The first kappa shape index (κ1) is 19.5. The average molecular weight is 369 g/mol. The van der Waals surface area contributed by atoms with Crippen LogP contribution in [0.25, 0.3) is 0 Å². The van der Waals surface area contributed by atoms with E-state index in [4.69, 9.17) is 4.74 Å². The first-order valence-corrected chi connectivity index (χ1v) is 12.0. The molecule has 27 heavy (non-hydrogen) atoms. The van der Waals surface area contributed by atoms with Crippen molar-refractivity contribution in [3.63, 3.8) is 0 Å². The van der Waals surface area contributed by atoms with Gasteiger partial charge in [-0.1, -0.05) is 31.5 Å². The molecule has 0 radical (unpaired) electrons. The summed E-state index contributed by atoms with van der Waals surface area (Å²) >= 11 is 0. The molecule has 0 saturated heterocycles. The molecule has 1 heteroatoms. The van der Waals surface area contributed by atoms with Crippen LogP contribution in [-0.4, -0.2) is 12.7 Å². The van der Waals surface area contributed by atoms with E-state index in [0.717, 1.165) is 30.3 Å². The summed E-state index contributed by atoms with van der Waals surface area (Å²) in [4.78, 5) is 0. The summed E-state index contributed by atoms with van der Waals surface area (Å²) in [5, 5.41) is 0.